The van der Waals surface area contributed by atoms with E-state index >= 15 is 0 Å². The Balaban J connectivity index is 1.98. The highest BCUT2D eigenvalue weighted by Crippen LogP contribution is 2.32. The van der Waals surface area contributed by atoms with E-state index in [0.29, 0.717) is 23.7 Å². The van der Waals surface area contributed by atoms with Gasteiger partial charge in [-0.3, -0.25) is 4.79 Å². The molecule has 0 N–H and O–H groups in total. The predicted molar refractivity (Wildman–Crippen MR) is 75.3 cm³/mol. The molecule has 3 rings (SSSR count). The zero-order valence-corrected chi connectivity index (χ0v) is 11.3. The van der Waals surface area contributed by atoms with Gasteiger partial charge in [-0.15, -0.1) is 0 Å². The number of amides is 1. The lowest BCUT2D eigenvalue weighted by Gasteiger charge is -2.18. The van der Waals surface area contributed by atoms with Gasteiger partial charge in [0.15, 0.2) is 0 Å². The van der Waals surface area contributed by atoms with Gasteiger partial charge in [0.2, 0.25) is 5.91 Å². The van der Waals surface area contributed by atoms with Crippen molar-refractivity contribution < 1.29 is 4.79 Å². The molecule has 2 heterocycles. The van der Waals surface area contributed by atoms with Crippen molar-refractivity contribution in [2.45, 2.75) is 13.0 Å². The number of anilines is 1. The summed E-state index contributed by atoms with van der Waals surface area (Å²) < 4.78 is 0. The molecule has 5 heteroatoms. The third kappa shape index (κ3) is 2.13. The monoisotopic (exact) mass is 283 g/mol. The van der Waals surface area contributed by atoms with Crippen LogP contribution in [-0.4, -0.2) is 10.9 Å². The maximum atomic E-state index is 12.1. The van der Waals surface area contributed by atoms with E-state index in [2.05, 4.69) is 4.98 Å². The predicted octanol–water partition coefficient (Wildman–Crippen LogP) is 2.70. The van der Waals surface area contributed by atoms with E-state index in [4.69, 9.17) is 16.9 Å². The second kappa shape index (κ2) is 4.95. The standard InChI is InChI=1S/C15H10ClN3O/c16-12-4-3-10-6-15(20)19(14(10)7-12)9-11-2-1-5-18-13(11)8-17/h1-5,7H,6,9H2. The van der Waals surface area contributed by atoms with Crippen LogP contribution in [0.1, 0.15) is 16.8 Å². The molecule has 0 saturated heterocycles. The van der Waals surface area contributed by atoms with Crippen LogP contribution in [0.2, 0.25) is 5.02 Å². The van der Waals surface area contributed by atoms with Gasteiger partial charge in [-0.1, -0.05) is 23.7 Å². The van der Waals surface area contributed by atoms with Crippen LogP contribution in [0.15, 0.2) is 36.5 Å². The van der Waals surface area contributed by atoms with Crippen molar-refractivity contribution in [1.29, 1.82) is 5.26 Å². The van der Waals surface area contributed by atoms with Crippen LogP contribution in [0.4, 0.5) is 5.69 Å². The third-order valence-corrected chi connectivity index (χ3v) is 3.54. The Labute approximate surface area is 121 Å². The molecule has 1 aliphatic heterocycles. The van der Waals surface area contributed by atoms with Crippen molar-refractivity contribution in [3.63, 3.8) is 0 Å². The van der Waals surface area contributed by atoms with E-state index in [9.17, 15) is 4.79 Å². The molecule has 1 aliphatic rings. The van der Waals surface area contributed by atoms with Crippen molar-refractivity contribution in [2.75, 3.05) is 4.90 Å². The summed E-state index contributed by atoms with van der Waals surface area (Å²) in [5.41, 5.74) is 2.85. The van der Waals surface area contributed by atoms with Crippen LogP contribution in [0.5, 0.6) is 0 Å². The first-order valence-electron chi connectivity index (χ1n) is 6.12. The Morgan fingerprint density at radius 1 is 1.40 bits per heavy atom. The van der Waals surface area contributed by atoms with Gasteiger partial charge in [0.05, 0.1) is 13.0 Å². The van der Waals surface area contributed by atoms with Gasteiger partial charge >= 0.3 is 0 Å². The molecule has 0 spiro atoms. The van der Waals surface area contributed by atoms with Crippen molar-refractivity contribution in [3.05, 3.63) is 58.4 Å². The van der Waals surface area contributed by atoms with Crippen LogP contribution in [0, 0.1) is 11.3 Å². The largest absolute Gasteiger partial charge is 0.307 e. The Morgan fingerprint density at radius 3 is 3.05 bits per heavy atom. The molecule has 0 bridgehead atoms. The molecule has 0 unspecified atom stereocenters. The number of nitriles is 1. The summed E-state index contributed by atoms with van der Waals surface area (Å²) in [5, 5.41) is 9.65. The highest BCUT2D eigenvalue weighted by Gasteiger charge is 2.28. The molecular weight excluding hydrogens is 274 g/mol. The van der Waals surface area contributed by atoms with Gasteiger partial charge in [0.1, 0.15) is 11.8 Å². The summed E-state index contributed by atoms with van der Waals surface area (Å²) in [7, 11) is 0. The number of fused-ring (bicyclic) bond motifs is 1. The Bertz CT molecular complexity index is 736. The first-order valence-corrected chi connectivity index (χ1v) is 6.49. The molecule has 1 amide bonds. The molecule has 0 radical (unpaired) electrons. The summed E-state index contributed by atoms with van der Waals surface area (Å²) in [4.78, 5) is 17.8. The van der Waals surface area contributed by atoms with E-state index in [-0.39, 0.29) is 5.91 Å². The highest BCUT2D eigenvalue weighted by atomic mass is 35.5. The second-order valence-corrected chi connectivity index (χ2v) is 4.99. The summed E-state index contributed by atoms with van der Waals surface area (Å²) >= 11 is 6.00. The summed E-state index contributed by atoms with van der Waals surface area (Å²) in [6.45, 7) is 0.336. The van der Waals surface area contributed by atoms with Crippen LogP contribution < -0.4 is 4.90 Å². The fraction of sp³-hybridized carbons (Fsp3) is 0.133. The number of pyridine rings is 1. The number of aromatic nitrogens is 1. The lowest BCUT2D eigenvalue weighted by Crippen LogP contribution is -2.26. The van der Waals surface area contributed by atoms with E-state index < -0.39 is 0 Å². The van der Waals surface area contributed by atoms with E-state index in [1.165, 1.54) is 0 Å². The topological polar surface area (TPSA) is 57.0 Å². The van der Waals surface area contributed by atoms with Crippen LogP contribution in [-0.2, 0) is 17.8 Å². The number of hydrogen-bond acceptors (Lipinski definition) is 3. The molecule has 0 aliphatic carbocycles. The summed E-state index contributed by atoms with van der Waals surface area (Å²) in [5.74, 6) is 0.00927. The molecule has 0 atom stereocenters. The van der Waals surface area contributed by atoms with Crippen molar-refractivity contribution >= 4 is 23.2 Å². The molecule has 2 aromatic rings. The summed E-state index contributed by atoms with van der Waals surface area (Å²) in [6.07, 6.45) is 1.94. The normalized spacial score (nSPS) is 13.2. The lowest BCUT2D eigenvalue weighted by atomic mass is 10.1. The number of benzene rings is 1. The number of rotatable bonds is 2. The second-order valence-electron chi connectivity index (χ2n) is 4.55. The molecule has 0 fully saturated rings. The minimum absolute atomic E-state index is 0.00927. The van der Waals surface area contributed by atoms with Crippen LogP contribution in [0.25, 0.3) is 0 Å². The minimum atomic E-state index is 0.00927. The lowest BCUT2D eigenvalue weighted by molar-refractivity contribution is -0.117. The molecule has 0 saturated carbocycles. The first-order chi connectivity index (χ1) is 9.69. The highest BCUT2D eigenvalue weighted by molar-refractivity contribution is 6.31. The Kier molecular flexibility index (Phi) is 3.13. The minimum Gasteiger partial charge on any atom is -0.307 e. The first kappa shape index (κ1) is 12.6. The number of hydrogen-bond donors (Lipinski definition) is 0. The molecular formula is C15H10ClN3O. The van der Waals surface area contributed by atoms with E-state index in [0.717, 1.165) is 16.8 Å². The molecule has 1 aromatic heterocycles. The van der Waals surface area contributed by atoms with E-state index in [1.54, 1.807) is 35.4 Å². The van der Waals surface area contributed by atoms with Crippen LogP contribution >= 0.6 is 11.6 Å². The fourth-order valence-electron chi connectivity index (χ4n) is 2.34. The Hall–Kier alpha value is -2.38. The molecule has 4 nitrogen and oxygen atoms in total. The number of nitrogens with zero attached hydrogens (tertiary/aromatic N) is 3. The average Bonchev–Trinajstić information content (AvgIpc) is 2.76. The average molecular weight is 284 g/mol. The number of carbonyl (C=O) groups excluding carboxylic acids is 1. The van der Waals surface area contributed by atoms with Gasteiger partial charge in [-0.25, -0.2) is 4.98 Å². The zero-order valence-electron chi connectivity index (χ0n) is 10.5. The number of halogens is 1. The van der Waals surface area contributed by atoms with Gasteiger partial charge in [-0.2, -0.15) is 5.26 Å². The summed E-state index contributed by atoms with van der Waals surface area (Å²) in [6, 6.07) is 11.0. The van der Waals surface area contributed by atoms with Crippen molar-refractivity contribution in [3.8, 4) is 6.07 Å². The Morgan fingerprint density at radius 2 is 2.25 bits per heavy atom. The fourth-order valence-corrected chi connectivity index (χ4v) is 2.51. The molecule has 1 aromatic carbocycles. The maximum absolute atomic E-state index is 12.1. The number of carbonyl (C=O) groups is 1. The quantitative estimate of drug-likeness (QED) is 0.851. The molecule has 98 valence electrons. The van der Waals surface area contributed by atoms with Gasteiger partial charge in [0.25, 0.3) is 0 Å². The van der Waals surface area contributed by atoms with Crippen LogP contribution in [0.3, 0.4) is 0 Å². The smallest absolute Gasteiger partial charge is 0.231 e. The van der Waals surface area contributed by atoms with Crippen molar-refractivity contribution in [1.82, 2.24) is 4.98 Å². The SMILES string of the molecule is N#Cc1ncccc1CN1C(=O)Cc2ccc(Cl)cc21. The van der Waals surface area contributed by atoms with Gasteiger partial charge in [-0.05, 0) is 23.8 Å². The zero-order chi connectivity index (χ0) is 14.1. The van der Waals surface area contributed by atoms with Gasteiger partial charge < -0.3 is 4.90 Å². The van der Waals surface area contributed by atoms with Gasteiger partial charge in [0, 0.05) is 22.5 Å². The van der Waals surface area contributed by atoms with Crippen molar-refractivity contribution in [2.24, 2.45) is 0 Å². The third-order valence-electron chi connectivity index (χ3n) is 3.31. The molecule has 20 heavy (non-hydrogen) atoms. The maximum Gasteiger partial charge on any atom is 0.231 e. The van der Waals surface area contributed by atoms with E-state index in [1.807, 2.05) is 12.1 Å².